The van der Waals surface area contributed by atoms with Crippen molar-refractivity contribution in [1.29, 1.82) is 5.26 Å². The molecule has 102 valence electrons. The van der Waals surface area contributed by atoms with Crippen LogP contribution in [0.5, 0.6) is 0 Å². The summed E-state index contributed by atoms with van der Waals surface area (Å²) in [6.07, 6.45) is 3.55. The van der Waals surface area contributed by atoms with Gasteiger partial charge in [-0.15, -0.1) is 0 Å². The van der Waals surface area contributed by atoms with Crippen molar-refractivity contribution in [1.82, 2.24) is 0 Å². The molecule has 1 aliphatic carbocycles. The number of hydrogen-bond donors (Lipinski definition) is 0. The van der Waals surface area contributed by atoms with Crippen molar-refractivity contribution < 1.29 is 9.13 Å². The van der Waals surface area contributed by atoms with Gasteiger partial charge in [-0.05, 0) is 49.3 Å². The molecule has 0 spiro atoms. The lowest BCUT2D eigenvalue weighted by Gasteiger charge is -2.31. The van der Waals surface area contributed by atoms with Crippen molar-refractivity contribution in [3.05, 3.63) is 35.1 Å². The molecule has 1 aliphatic rings. The molecule has 3 heteroatoms. The van der Waals surface area contributed by atoms with E-state index in [2.05, 4.69) is 13.8 Å². The highest BCUT2D eigenvalue weighted by molar-refractivity contribution is 5.33. The minimum atomic E-state index is -0.295. The smallest absolute Gasteiger partial charge is 0.128 e. The second-order valence-corrected chi connectivity index (χ2v) is 5.77. The highest BCUT2D eigenvalue weighted by Gasteiger charge is 2.24. The van der Waals surface area contributed by atoms with E-state index in [0.29, 0.717) is 23.0 Å². The Morgan fingerprint density at radius 1 is 1.26 bits per heavy atom. The highest BCUT2D eigenvalue weighted by atomic mass is 19.1. The summed E-state index contributed by atoms with van der Waals surface area (Å²) >= 11 is 0. The van der Waals surface area contributed by atoms with Crippen LogP contribution in [-0.4, -0.2) is 6.10 Å². The molecule has 0 heterocycles. The first kappa shape index (κ1) is 14.0. The number of hydrogen-bond acceptors (Lipinski definition) is 2. The SMILES string of the molecule is CC1CC(C)CC(OCc2cc(C#N)ccc2F)C1. The molecule has 2 nitrogen and oxygen atoms in total. The molecule has 0 N–H and O–H groups in total. The van der Waals surface area contributed by atoms with Gasteiger partial charge in [-0.2, -0.15) is 5.26 Å². The Labute approximate surface area is 114 Å². The zero-order valence-electron chi connectivity index (χ0n) is 11.5. The molecule has 2 unspecified atom stereocenters. The van der Waals surface area contributed by atoms with Crippen LogP contribution in [0.1, 0.15) is 44.2 Å². The quantitative estimate of drug-likeness (QED) is 0.822. The summed E-state index contributed by atoms with van der Waals surface area (Å²) < 4.78 is 19.5. The zero-order valence-corrected chi connectivity index (χ0v) is 11.5. The third kappa shape index (κ3) is 3.78. The van der Waals surface area contributed by atoms with Crippen LogP contribution in [0, 0.1) is 29.0 Å². The molecule has 0 radical (unpaired) electrons. The summed E-state index contributed by atoms with van der Waals surface area (Å²) in [5.74, 6) is 1.05. The van der Waals surface area contributed by atoms with Crippen molar-refractivity contribution >= 4 is 0 Å². The van der Waals surface area contributed by atoms with Crippen molar-refractivity contribution in [3.63, 3.8) is 0 Å². The van der Waals surface area contributed by atoms with E-state index < -0.39 is 0 Å². The molecule has 0 amide bonds. The van der Waals surface area contributed by atoms with Gasteiger partial charge in [-0.25, -0.2) is 4.39 Å². The second-order valence-electron chi connectivity index (χ2n) is 5.77. The molecular weight excluding hydrogens is 241 g/mol. The van der Waals surface area contributed by atoms with Crippen molar-refractivity contribution in [2.75, 3.05) is 0 Å². The first-order valence-corrected chi connectivity index (χ1v) is 6.88. The van der Waals surface area contributed by atoms with E-state index in [4.69, 9.17) is 10.00 Å². The molecule has 2 atom stereocenters. The lowest BCUT2D eigenvalue weighted by molar-refractivity contribution is -0.0102. The normalized spacial score (nSPS) is 26.9. The fraction of sp³-hybridized carbons (Fsp3) is 0.562. The van der Waals surface area contributed by atoms with E-state index in [1.807, 2.05) is 6.07 Å². The monoisotopic (exact) mass is 261 g/mol. The lowest BCUT2D eigenvalue weighted by atomic mass is 9.82. The first-order chi connectivity index (χ1) is 9.08. The molecule has 19 heavy (non-hydrogen) atoms. The van der Waals surface area contributed by atoms with Crippen LogP contribution >= 0.6 is 0 Å². The Hall–Kier alpha value is -1.40. The Kier molecular flexibility index (Phi) is 4.55. The lowest BCUT2D eigenvalue weighted by Crippen LogP contribution is -2.26. The standard InChI is InChI=1S/C16H20FNO/c1-11-5-12(2)7-15(6-11)19-10-14-8-13(9-18)3-4-16(14)17/h3-4,8,11-12,15H,5-7,10H2,1-2H3. The molecule has 0 bridgehead atoms. The van der Waals surface area contributed by atoms with Gasteiger partial charge in [0.2, 0.25) is 0 Å². The average Bonchev–Trinajstić information content (AvgIpc) is 2.37. The minimum absolute atomic E-state index is 0.212. The number of nitrogens with zero attached hydrogens (tertiary/aromatic N) is 1. The van der Waals surface area contributed by atoms with Gasteiger partial charge in [0, 0.05) is 5.56 Å². The van der Waals surface area contributed by atoms with E-state index in [1.165, 1.54) is 18.6 Å². The number of ether oxygens (including phenoxy) is 1. The van der Waals surface area contributed by atoms with E-state index >= 15 is 0 Å². The van der Waals surface area contributed by atoms with Gasteiger partial charge in [0.15, 0.2) is 0 Å². The maximum Gasteiger partial charge on any atom is 0.128 e. The van der Waals surface area contributed by atoms with E-state index in [9.17, 15) is 4.39 Å². The Morgan fingerprint density at radius 2 is 1.95 bits per heavy atom. The highest BCUT2D eigenvalue weighted by Crippen LogP contribution is 2.30. The van der Waals surface area contributed by atoms with Gasteiger partial charge in [0.25, 0.3) is 0 Å². The topological polar surface area (TPSA) is 33.0 Å². The third-order valence-corrected chi connectivity index (χ3v) is 3.78. The maximum absolute atomic E-state index is 13.6. The molecule has 1 fully saturated rings. The molecule has 1 aromatic carbocycles. The largest absolute Gasteiger partial charge is 0.373 e. The number of rotatable bonds is 3. The first-order valence-electron chi connectivity index (χ1n) is 6.88. The van der Waals surface area contributed by atoms with Gasteiger partial charge < -0.3 is 4.74 Å². The molecule has 0 aromatic heterocycles. The summed E-state index contributed by atoms with van der Waals surface area (Å²) in [6.45, 7) is 4.73. The van der Waals surface area contributed by atoms with Crippen molar-refractivity contribution in [2.45, 2.75) is 45.8 Å². The Bertz CT molecular complexity index is 470. The van der Waals surface area contributed by atoms with Gasteiger partial charge in [0.1, 0.15) is 5.82 Å². The van der Waals surface area contributed by atoms with Gasteiger partial charge in [-0.3, -0.25) is 0 Å². The van der Waals surface area contributed by atoms with Crippen LogP contribution in [0.2, 0.25) is 0 Å². The van der Waals surface area contributed by atoms with E-state index in [1.54, 1.807) is 6.07 Å². The minimum Gasteiger partial charge on any atom is -0.373 e. The van der Waals surface area contributed by atoms with Crippen LogP contribution in [0.25, 0.3) is 0 Å². The van der Waals surface area contributed by atoms with Crippen molar-refractivity contribution in [3.8, 4) is 6.07 Å². The molecule has 1 saturated carbocycles. The number of halogens is 1. The summed E-state index contributed by atoms with van der Waals surface area (Å²) in [5.41, 5.74) is 0.954. The summed E-state index contributed by atoms with van der Waals surface area (Å²) in [5, 5.41) is 8.83. The third-order valence-electron chi connectivity index (χ3n) is 3.78. The summed E-state index contributed by atoms with van der Waals surface area (Å²) in [4.78, 5) is 0. The summed E-state index contributed by atoms with van der Waals surface area (Å²) in [7, 11) is 0. The predicted octanol–water partition coefficient (Wildman–Crippen LogP) is 4.04. The van der Waals surface area contributed by atoms with E-state index in [-0.39, 0.29) is 18.5 Å². The Balaban J connectivity index is 1.97. The van der Waals surface area contributed by atoms with E-state index in [0.717, 1.165) is 12.8 Å². The fourth-order valence-electron chi connectivity index (χ4n) is 2.97. The molecule has 1 aromatic rings. The molecule has 0 aliphatic heterocycles. The van der Waals surface area contributed by atoms with Crippen molar-refractivity contribution in [2.24, 2.45) is 11.8 Å². The van der Waals surface area contributed by atoms with Crippen LogP contribution in [0.15, 0.2) is 18.2 Å². The van der Waals surface area contributed by atoms with Crippen LogP contribution in [0.3, 0.4) is 0 Å². The number of benzene rings is 1. The Morgan fingerprint density at radius 3 is 2.58 bits per heavy atom. The average molecular weight is 261 g/mol. The van der Waals surface area contributed by atoms with Crippen LogP contribution in [0.4, 0.5) is 4.39 Å². The second kappa shape index (κ2) is 6.16. The van der Waals surface area contributed by atoms with Crippen LogP contribution in [-0.2, 0) is 11.3 Å². The van der Waals surface area contributed by atoms with Crippen LogP contribution < -0.4 is 0 Å². The molecule has 0 saturated heterocycles. The summed E-state index contributed by atoms with van der Waals surface area (Å²) in [6, 6.07) is 6.43. The molecular formula is C16H20FNO. The molecule has 2 rings (SSSR count). The maximum atomic E-state index is 13.6. The number of nitriles is 1. The van der Waals surface area contributed by atoms with Gasteiger partial charge in [-0.1, -0.05) is 13.8 Å². The zero-order chi connectivity index (χ0) is 13.8. The van der Waals surface area contributed by atoms with Gasteiger partial charge >= 0.3 is 0 Å². The van der Waals surface area contributed by atoms with Gasteiger partial charge in [0.05, 0.1) is 24.3 Å². The predicted molar refractivity (Wildman–Crippen MR) is 71.9 cm³/mol. The fourth-order valence-corrected chi connectivity index (χ4v) is 2.97.